The van der Waals surface area contributed by atoms with Crippen LogP contribution in [0.1, 0.15) is 56.5 Å². The molecule has 0 saturated carbocycles. The van der Waals surface area contributed by atoms with Crippen LogP contribution in [-0.4, -0.2) is 84.6 Å². The molecule has 2 aromatic carbocycles. The molecule has 224 valence electrons. The van der Waals surface area contributed by atoms with Gasteiger partial charge in [-0.05, 0) is 76.2 Å². The highest BCUT2D eigenvalue weighted by Crippen LogP contribution is 2.31. The van der Waals surface area contributed by atoms with E-state index in [0.29, 0.717) is 0 Å². The number of methoxy groups -OCH3 is 1. The number of fused-ring (bicyclic) bond motifs is 1. The van der Waals surface area contributed by atoms with E-state index in [2.05, 4.69) is 78.5 Å². The Morgan fingerprint density at radius 3 is 2.27 bits per heavy atom. The lowest BCUT2D eigenvalue weighted by Crippen LogP contribution is -2.48. The third-order valence-electron chi connectivity index (χ3n) is 8.24. The van der Waals surface area contributed by atoms with Crippen molar-refractivity contribution < 1.29 is 9.53 Å². The molecule has 1 saturated heterocycles. The minimum atomic E-state index is 0.0953. The van der Waals surface area contributed by atoms with Gasteiger partial charge in [-0.3, -0.25) is 9.69 Å². The first-order valence-corrected chi connectivity index (χ1v) is 15.6. The summed E-state index contributed by atoms with van der Waals surface area (Å²) in [5, 5.41) is 1.14. The molecule has 1 fully saturated rings. The summed E-state index contributed by atoms with van der Waals surface area (Å²) in [6.45, 7) is 21.4. The van der Waals surface area contributed by atoms with E-state index in [1.165, 1.54) is 22.3 Å². The Bertz CT molecular complexity index is 1250. The van der Waals surface area contributed by atoms with E-state index in [0.717, 1.165) is 88.4 Å². The summed E-state index contributed by atoms with van der Waals surface area (Å²) in [5.41, 5.74) is 6.18. The summed E-state index contributed by atoms with van der Waals surface area (Å²) in [4.78, 5) is 20.1. The van der Waals surface area contributed by atoms with Crippen LogP contribution in [0.2, 0.25) is 0 Å². The van der Waals surface area contributed by atoms with Gasteiger partial charge in [-0.15, -0.1) is 0 Å². The maximum absolute atomic E-state index is 13.2. The van der Waals surface area contributed by atoms with Crippen LogP contribution in [0.25, 0.3) is 17.0 Å². The fourth-order valence-electron chi connectivity index (χ4n) is 5.60. The first-order chi connectivity index (χ1) is 19.9. The molecule has 0 radical (unpaired) electrons. The molecule has 1 aliphatic heterocycles. The van der Waals surface area contributed by atoms with Gasteiger partial charge in [-0.25, -0.2) is 0 Å². The molecule has 2 heterocycles. The molecular weight excluding hydrogens is 508 g/mol. The SMILES string of the molecule is CC.CCN(CC)CCCn1c(C)c(/C=C/C(=O)N2CCN(CCc3ccc(C)cc3)CC2)c2cc(OC)ccc21. The highest BCUT2D eigenvalue weighted by Gasteiger charge is 2.20. The molecule has 0 unspecified atom stereocenters. The Hall–Kier alpha value is -3.09. The zero-order valence-electron chi connectivity index (χ0n) is 26.6. The van der Waals surface area contributed by atoms with E-state index in [9.17, 15) is 4.79 Å². The van der Waals surface area contributed by atoms with Crippen LogP contribution in [-0.2, 0) is 17.8 Å². The number of carbonyl (C=O) groups is 1. The van der Waals surface area contributed by atoms with Gasteiger partial charge in [0, 0.05) is 67.5 Å². The van der Waals surface area contributed by atoms with E-state index in [4.69, 9.17) is 4.74 Å². The number of nitrogens with zero attached hydrogens (tertiary/aromatic N) is 4. The van der Waals surface area contributed by atoms with Crippen LogP contribution in [0, 0.1) is 13.8 Å². The Kier molecular flexibility index (Phi) is 13.0. The molecule has 41 heavy (non-hydrogen) atoms. The highest BCUT2D eigenvalue weighted by atomic mass is 16.5. The number of amides is 1. The number of ether oxygens (including phenoxy) is 1. The number of aromatic nitrogens is 1. The average Bonchev–Trinajstić information content (AvgIpc) is 3.28. The van der Waals surface area contributed by atoms with Crippen molar-refractivity contribution in [3.63, 3.8) is 0 Å². The molecule has 1 amide bonds. The Labute approximate surface area is 248 Å². The van der Waals surface area contributed by atoms with Gasteiger partial charge in [-0.1, -0.05) is 57.5 Å². The molecule has 6 nitrogen and oxygen atoms in total. The van der Waals surface area contributed by atoms with Crippen molar-refractivity contribution in [2.45, 2.75) is 60.9 Å². The largest absolute Gasteiger partial charge is 0.497 e. The lowest BCUT2D eigenvalue weighted by molar-refractivity contribution is -0.127. The van der Waals surface area contributed by atoms with Crippen LogP contribution >= 0.6 is 0 Å². The van der Waals surface area contributed by atoms with Crippen LogP contribution in [0.3, 0.4) is 0 Å². The van der Waals surface area contributed by atoms with Crippen molar-refractivity contribution in [3.8, 4) is 5.75 Å². The van der Waals surface area contributed by atoms with Gasteiger partial charge in [0.15, 0.2) is 0 Å². The van der Waals surface area contributed by atoms with Gasteiger partial charge < -0.3 is 19.1 Å². The third kappa shape index (κ3) is 8.70. The maximum Gasteiger partial charge on any atom is 0.246 e. The number of rotatable bonds is 12. The summed E-state index contributed by atoms with van der Waals surface area (Å²) in [6, 6.07) is 15.1. The third-order valence-corrected chi connectivity index (χ3v) is 8.24. The molecule has 1 aliphatic rings. The highest BCUT2D eigenvalue weighted by molar-refractivity contribution is 5.98. The van der Waals surface area contributed by atoms with Crippen LogP contribution in [0.4, 0.5) is 0 Å². The average molecular weight is 561 g/mol. The van der Waals surface area contributed by atoms with Crippen molar-refractivity contribution in [1.29, 1.82) is 0 Å². The second-order valence-electron chi connectivity index (χ2n) is 10.7. The summed E-state index contributed by atoms with van der Waals surface area (Å²) in [7, 11) is 1.70. The van der Waals surface area contributed by atoms with Crippen LogP contribution in [0.15, 0.2) is 48.5 Å². The number of hydrogen-bond donors (Lipinski definition) is 0. The van der Waals surface area contributed by atoms with Gasteiger partial charge in [-0.2, -0.15) is 0 Å². The predicted octanol–water partition coefficient (Wildman–Crippen LogP) is 6.42. The molecule has 0 atom stereocenters. The van der Waals surface area contributed by atoms with Crippen molar-refractivity contribution >= 4 is 22.9 Å². The number of aryl methyl sites for hydroxylation is 2. The van der Waals surface area contributed by atoms with Crippen molar-refractivity contribution in [2.75, 3.05) is 59.5 Å². The molecule has 0 bridgehead atoms. The molecule has 0 aliphatic carbocycles. The first kappa shape index (κ1) is 32.4. The predicted molar refractivity (Wildman–Crippen MR) is 174 cm³/mol. The zero-order chi connectivity index (χ0) is 29.8. The van der Waals surface area contributed by atoms with E-state index in [1.54, 1.807) is 13.2 Å². The number of piperazine rings is 1. The molecule has 0 spiro atoms. The molecule has 6 heteroatoms. The van der Waals surface area contributed by atoms with Gasteiger partial charge >= 0.3 is 0 Å². The summed E-state index contributed by atoms with van der Waals surface area (Å²) in [5.74, 6) is 0.934. The fraction of sp³-hybridized carbons (Fsp3) is 0.514. The minimum Gasteiger partial charge on any atom is -0.497 e. The molecule has 4 rings (SSSR count). The van der Waals surface area contributed by atoms with Crippen molar-refractivity contribution in [1.82, 2.24) is 19.3 Å². The summed E-state index contributed by atoms with van der Waals surface area (Å²) in [6.07, 6.45) is 5.93. The Morgan fingerprint density at radius 1 is 0.951 bits per heavy atom. The smallest absolute Gasteiger partial charge is 0.246 e. The topological polar surface area (TPSA) is 41.0 Å². The fourth-order valence-corrected chi connectivity index (χ4v) is 5.60. The molecule has 0 N–H and O–H groups in total. The van der Waals surface area contributed by atoms with Gasteiger partial charge in [0.05, 0.1) is 7.11 Å². The number of benzene rings is 2. The van der Waals surface area contributed by atoms with E-state index in [1.807, 2.05) is 30.9 Å². The Morgan fingerprint density at radius 2 is 1.63 bits per heavy atom. The van der Waals surface area contributed by atoms with Gasteiger partial charge in [0.25, 0.3) is 0 Å². The Balaban J connectivity index is 0.00000226. The molecule has 3 aromatic rings. The lowest BCUT2D eigenvalue weighted by Gasteiger charge is -2.34. The molecular formula is C35H52N4O2. The normalized spacial score (nSPS) is 14.1. The standard InChI is InChI=1S/C33H46N4O2.C2H6/c1-6-34(7-2)18-8-19-37-27(4)30(31-25-29(39-5)13-15-32(31)37)14-16-33(38)36-23-21-35(22-24-36)20-17-28-11-9-26(3)10-12-28;1-2/h9-16,25H,6-8,17-24H2,1-5H3;1-2H3/b16-14+;. The van der Waals surface area contributed by atoms with E-state index < -0.39 is 0 Å². The monoisotopic (exact) mass is 560 g/mol. The maximum atomic E-state index is 13.2. The summed E-state index contributed by atoms with van der Waals surface area (Å²) >= 11 is 0. The molecule has 1 aromatic heterocycles. The minimum absolute atomic E-state index is 0.0953. The van der Waals surface area contributed by atoms with Crippen molar-refractivity contribution in [3.05, 3.63) is 70.9 Å². The first-order valence-electron chi connectivity index (χ1n) is 15.6. The summed E-state index contributed by atoms with van der Waals surface area (Å²) < 4.78 is 7.93. The quantitative estimate of drug-likeness (QED) is 0.240. The second-order valence-corrected chi connectivity index (χ2v) is 10.7. The van der Waals surface area contributed by atoms with Crippen LogP contribution < -0.4 is 4.74 Å². The zero-order valence-corrected chi connectivity index (χ0v) is 26.6. The van der Waals surface area contributed by atoms with Crippen molar-refractivity contribution in [2.24, 2.45) is 0 Å². The lowest BCUT2D eigenvalue weighted by atomic mass is 10.1. The second kappa shape index (κ2) is 16.4. The number of carbonyl (C=O) groups excluding carboxylic acids is 1. The van der Waals surface area contributed by atoms with Gasteiger partial charge in [0.2, 0.25) is 5.91 Å². The van der Waals surface area contributed by atoms with E-state index in [-0.39, 0.29) is 5.91 Å². The van der Waals surface area contributed by atoms with E-state index >= 15 is 0 Å². The van der Waals surface area contributed by atoms with Gasteiger partial charge in [0.1, 0.15) is 5.75 Å². The van der Waals surface area contributed by atoms with Crippen LogP contribution in [0.5, 0.6) is 5.75 Å². The number of hydrogen-bond acceptors (Lipinski definition) is 4.